The number of hydrogen-bond donors (Lipinski definition) is 1. The van der Waals surface area contributed by atoms with Crippen molar-refractivity contribution in [2.24, 2.45) is 0 Å². The number of amides is 1. The summed E-state index contributed by atoms with van der Waals surface area (Å²) in [7, 11) is 0. The zero-order valence-corrected chi connectivity index (χ0v) is 18.5. The molecule has 0 unspecified atom stereocenters. The lowest BCUT2D eigenvalue weighted by atomic mass is 10.2. The highest BCUT2D eigenvalue weighted by Crippen LogP contribution is 2.23. The van der Waals surface area contributed by atoms with E-state index in [4.69, 9.17) is 4.74 Å². The van der Waals surface area contributed by atoms with E-state index in [-0.39, 0.29) is 11.7 Å². The highest BCUT2D eigenvalue weighted by molar-refractivity contribution is 9.10. The van der Waals surface area contributed by atoms with E-state index in [1.54, 1.807) is 4.52 Å². The van der Waals surface area contributed by atoms with Crippen LogP contribution in [0.3, 0.4) is 0 Å². The smallest absolute Gasteiger partial charge is 0.234 e. The number of carbonyl (C=O) groups is 1. The van der Waals surface area contributed by atoms with E-state index in [0.717, 1.165) is 21.5 Å². The summed E-state index contributed by atoms with van der Waals surface area (Å²) in [6.07, 6.45) is 0. The van der Waals surface area contributed by atoms with Crippen LogP contribution in [0.15, 0.2) is 70.2 Å². The van der Waals surface area contributed by atoms with Gasteiger partial charge in [-0.2, -0.15) is 9.61 Å². The van der Waals surface area contributed by atoms with Gasteiger partial charge in [0.2, 0.25) is 5.91 Å². The molecule has 0 radical (unpaired) electrons. The summed E-state index contributed by atoms with van der Waals surface area (Å²) in [5.41, 5.74) is 2.28. The summed E-state index contributed by atoms with van der Waals surface area (Å²) >= 11 is 4.73. The Morgan fingerprint density at radius 1 is 1.07 bits per heavy atom. The first-order chi connectivity index (χ1) is 14.6. The van der Waals surface area contributed by atoms with Gasteiger partial charge in [0.1, 0.15) is 10.8 Å². The molecule has 0 saturated carbocycles. The van der Waals surface area contributed by atoms with Crippen LogP contribution < -0.4 is 10.1 Å². The predicted octanol–water partition coefficient (Wildman–Crippen LogP) is 4.68. The minimum atomic E-state index is -0.0975. The summed E-state index contributed by atoms with van der Waals surface area (Å²) in [5.74, 6) is 1.58. The number of carbonyl (C=O) groups excluding carboxylic acids is 1. The molecule has 9 heteroatoms. The largest absolute Gasteiger partial charge is 0.494 e. The van der Waals surface area contributed by atoms with Crippen LogP contribution in [0.25, 0.3) is 17.0 Å². The van der Waals surface area contributed by atoms with Crippen molar-refractivity contribution < 1.29 is 9.53 Å². The Hall–Kier alpha value is -2.91. The Bertz CT molecular complexity index is 1160. The molecule has 1 N–H and O–H groups in total. The maximum atomic E-state index is 12.2. The second kappa shape index (κ2) is 9.27. The highest BCUT2D eigenvalue weighted by Gasteiger charge is 2.12. The van der Waals surface area contributed by atoms with Gasteiger partial charge in [-0.05, 0) is 67.6 Å². The van der Waals surface area contributed by atoms with Crippen LogP contribution >= 0.6 is 27.7 Å². The summed E-state index contributed by atoms with van der Waals surface area (Å²) in [4.78, 5) is 12.2. The number of anilines is 1. The molecule has 7 nitrogen and oxygen atoms in total. The molecule has 0 atom stereocenters. The van der Waals surface area contributed by atoms with Gasteiger partial charge in [-0.15, -0.1) is 10.2 Å². The molecule has 152 valence electrons. The molecule has 0 spiro atoms. The van der Waals surface area contributed by atoms with Gasteiger partial charge in [-0.3, -0.25) is 4.79 Å². The Morgan fingerprint density at radius 3 is 2.57 bits per heavy atom. The molecule has 0 aliphatic rings. The van der Waals surface area contributed by atoms with Crippen LogP contribution in [0.4, 0.5) is 5.69 Å². The maximum Gasteiger partial charge on any atom is 0.234 e. The number of thioether (sulfide) groups is 1. The average molecular weight is 484 g/mol. The van der Waals surface area contributed by atoms with Crippen LogP contribution in [0.5, 0.6) is 5.75 Å². The van der Waals surface area contributed by atoms with Crippen LogP contribution in [-0.2, 0) is 4.79 Å². The van der Waals surface area contributed by atoms with Crippen LogP contribution in [0.1, 0.15) is 6.92 Å². The fourth-order valence-corrected chi connectivity index (χ4v) is 3.68. The number of aromatic nitrogens is 4. The topological polar surface area (TPSA) is 81.4 Å². The summed E-state index contributed by atoms with van der Waals surface area (Å²) in [6, 6.07) is 18.8. The number of fused-ring (bicyclic) bond motifs is 1. The first-order valence-corrected chi connectivity index (χ1v) is 11.0. The van der Waals surface area contributed by atoms with Gasteiger partial charge in [0.25, 0.3) is 0 Å². The third kappa shape index (κ3) is 4.80. The SMILES string of the molecule is CCOc1ccc(-c2nnc3ccc(SCC(=O)Nc4ccc(Br)cc4)nn23)cc1. The predicted molar refractivity (Wildman–Crippen MR) is 121 cm³/mol. The van der Waals surface area contributed by atoms with Crippen molar-refractivity contribution >= 4 is 44.9 Å². The lowest BCUT2D eigenvalue weighted by Crippen LogP contribution is -2.14. The fraction of sp³-hybridized carbons (Fsp3) is 0.143. The number of rotatable bonds is 7. The van der Waals surface area contributed by atoms with Gasteiger partial charge in [0, 0.05) is 15.7 Å². The van der Waals surface area contributed by atoms with Crippen LogP contribution in [-0.4, -0.2) is 38.1 Å². The fourth-order valence-electron chi connectivity index (χ4n) is 2.77. The molecule has 0 bridgehead atoms. The molecule has 0 aliphatic heterocycles. The second-order valence-electron chi connectivity index (χ2n) is 6.27. The molecule has 0 saturated heterocycles. The van der Waals surface area contributed by atoms with E-state index >= 15 is 0 Å². The third-order valence-corrected chi connectivity index (χ3v) is 5.59. The lowest BCUT2D eigenvalue weighted by Gasteiger charge is -2.06. The minimum absolute atomic E-state index is 0.0975. The number of hydrogen-bond acceptors (Lipinski definition) is 6. The number of benzene rings is 2. The van der Waals surface area contributed by atoms with Gasteiger partial charge in [-0.25, -0.2) is 0 Å². The van der Waals surface area contributed by atoms with Crippen LogP contribution in [0, 0.1) is 0 Å². The Labute approximate surface area is 186 Å². The third-order valence-electron chi connectivity index (χ3n) is 4.14. The maximum absolute atomic E-state index is 12.2. The monoisotopic (exact) mass is 483 g/mol. The molecule has 30 heavy (non-hydrogen) atoms. The first-order valence-electron chi connectivity index (χ1n) is 9.26. The molecule has 2 aromatic carbocycles. The number of nitrogens with zero attached hydrogens (tertiary/aromatic N) is 4. The lowest BCUT2D eigenvalue weighted by molar-refractivity contribution is -0.113. The number of halogens is 1. The summed E-state index contributed by atoms with van der Waals surface area (Å²) < 4.78 is 8.13. The molecule has 0 aliphatic carbocycles. The van der Waals surface area contributed by atoms with E-state index in [1.807, 2.05) is 67.6 Å². The van der Waals surface area contributed by atoms with E-state index in [0.29, 0.717) is 23.1 Å². The zero-order chi connectivity index (χ0) is 20.9. The molecular weight excluding hydrogens is 466 g/mol. The molecule has 4 aromatic rings. The highest BCUT2D eigenvalue weighted by atomic mass is 79.9. The van der Waals surface area contributed by atoms with Crippen LogP contribution in [0.2, 0.25) is 0 Å². The van der Waals surface area contributed by atoms with Gasteiger partial charge < -0.3 is 10.1 Å². The summed E-state index contributed by atoms with van der Waals surface area (Å²) in [6.45, 7) is 2.56. The van der Waals surface area contributed by atoms with Crippen molar-refractivity contribution in [1.29, 1.82) is 0 Å². The van der Waals surface area contributed by atoms with E-state index in [1.165, 1.54) is 11.8 Å². The quantitative estimate of drug-likeness (QED) is 0.384. The Kier molecular flexibility index (Phi) is 6.29. The van der Waals surface area contributed by atoms with E-state index in [2.05, 4.69) is 36.5 Å². The Morgan fingerprint density at radius 2 is 1.83 bits per heavy atom. The normalized spacial score (nSPS) is 10.9. The van der Waals surface area contributed by atoms with E-state index < -0.39 is 0 Å². The van der Waals surface area contributed by atoms with Crippen molar-refractivity contribution in [1.82, 2.24) is 19.8 Å². The number of nitrogens with one attached hydrogen (secondary N) is 1. The minimum Gasteiger partial charge on any atom is -0.494 e. The average Bonchev–Trinajstić information content (AvgIpc) is 3.18. The van der Waals surface area contributed by atoms with Crippen molar-refractivity contribution in [2.45, 2.75) is 11.9 Å². The van der Waals surface area contributed by atoms with Gasteiger partial charge >= 0.3 is 0 Å². The second-order valence-corrected chi connectivity index (χ2v) is 8.18. The molecule has 1 amide bonds. The van der Waals surface area contributed by atoms with Crippen molar-refractivity contribution in [2.75, 3.05) is 17.7 Å². The standard InChI is InChI=1S/C21H18BrN5O2S/c1-2-29-17-9-3-14(4-10-17)21-25-24-18-11-12-20(26-27(18)21)30-13-19(28)23-16-7-5-15(22)6-8-16/h3-12H,2,13H2,1H3,(H,23,28). The molecular formula is C21H18BrN5O2S. The van der Waals surface area contributed by atoms with E-state index in [9.17, 15) is 4.79 Å². The van der Waals surface area contributed by atoms with Crippen molar-refractivity contribution in [3.8, 4) is 17.1 Å². The molecule has 4 rings (SSSR count). The zero-order valence-electron chi connectivity index (χ0n) is 16.1. The molecule has 2 aromatic heterocycles. The van der Waals surface area contributed by atoms with Gasteiger partial charge in [0.05, 0.1) is 12.4 Å². The number of ether oxygens (including phenoxy) is 1. The summed E-state index contributed by atoms with van der Waals surface area (Å²) in [5, 5.41) is 16.6. The molecule has 2 heterocycles. The first kappa shape index (κ1) is 20.4. The van der Waals surface area contributed by atoms with Crippen molar-refractivity contribution in [3.63, 3.8) is 0 Å². The molecule has 0 fully saturated rings. The van der Waals surface area contributed by atoms with Gasteiger partial charge in [-0.1, -0.05) is 27.7 Å². The Balaban J connectivity index is 1.47. The van der Waals surface area contributed by atoms with Gasteiger partial charge in [0.15, 0.2) is 11.5 Å². The van der Waals surface area contributed by atoms with Crippen molar-refractivity contribution in [3.05, 3.63) is 65.1 Å².